The first-order valence-electron chi connectivity index (χ1n) is 7.72. The van der Waals surface area contributed by atoms with E-state index in [9.17, 15) is 9.18 Å². The van der Waals surface area contributed by atoms with E-state index in [1.165, 1.54) is 24.3 Å². The largest absolute Gasteiger partial charge is 0.414 e. The summed E-state index contributed by atoms with van der Waals surface area (Å²) in [6.45, 7) is 3.48. The second-order valence-electron chi connectivity index (χ2n) is 5.72. The summed E-state index contributed by atoms with van der Waals surface area (Å²) >= 11 is 0. The molecule has 0 amide bonds. The molecule has 1 saturated carbocycles. The molecule has 24 heavy (non-hydrogen) atoms. The Morgan fingerprint density at radius 1 is 1.29 bits per heavy atom. The number of nitrogens with zero attached hydrogens (tertiary/aromatic N) is 2. The highest BCUT2D eigenvalue weighted by molar-refractivity contribution is 5.84. The van der Waals surface area contributed by atoms with Crippen LogP contribution in [0.25, 0.3) is 0 Å². The smallest absolute Gasteiger partial charge is 0.322 e. The topological polar surface area (TPSA) is 73.9 Å². The maximum atomic E-state index is 14.0. The lowest BCUT2D eigenvalue weighted by atomic mass is 9.69. The molecular formula is C19H17FN2O2. The fraction of sp³-hybridized carbons (Fsp3) is 0.316. The summed E-state index contributed by atoms with van der Waals surface area (Å²) in [5, 5.41) is 17.9. The summed E-state index contributed by atoms with van der Waals surface area (Å²) in [6.07, 6.45) is 6.32. The first-order chi connectivity index (χ1) is 11.6. The standard InChI is InChI=1S/C19H17FN2O2/c1-2-6-16(13-22)24-18(23)19(9-4-3-5-10-19)15-8-7-14(12-21)17(20)11-15/h2,6-8,11H,1,3-5,9-10H2. The number of hydrogen-bond acceptors (Lipinski definition) is 4. The zero-order valence-corrected chi connectivity index (χ0v) is 13.2. The number of benzene rings is 1. The van der Waals surface area contributed by atoms with Crippen LogP contribution in [-0.2, 0) is 14.9 Å². The third-order valence-electron chi connectivity index (χ3n) is 4.32. The van der Waals surface area contributed by atoms with Gasteiger partial charge in [-0.15, -0.1) is 0 Å². The molecule has 1 aliphatic rings. The van der Waals surface area contributed by atoms with E-state index in [1.54, 1.807) is 18.2 Å². The number of halogens is 1. The van der Waals surface area contributed by atoms with Crippen LogP contribution in [0.15, 0.2) is 42.7 Å². The molecule has 0 heterocycles. The van der Waals surface area contributed by atoms with Crippen LogP contribution >= 0.6 is 0 Å². The highest BCUT2D eigenvalue weighted by Crippen LogP contribution is 2.41. The first kappa shape index (κ1) is 17.4. The van der Waals surface area contributed by atoms with Gasteiger partial charge in [0.2, 0.25) is 5.76 Å². The highest BCUT2D eigenvalue weighted by atomic mass is 19.1. The van der Waals surface area contributed by atoms with Crippen molar-refractivity contribution >= 4 is 5.97 Å². The molecule has 1 aromatic carbocycles. The van der Waals surface area contributed by atoms with Gasteiger partial charge in [-0.3, -0.25) is 4.79 Å². The maximum Gasteiger partial charge on any atom is 0.322 e. The number of carbonyl (C=O) groups is 1. The third-order valence-corrected chi connectivity index (χ3v) is 4.32. The molecule has 5 heteroatoms. The molecule has 0 spiro atoms. The van der Waals surface area contributed by atoms with Gasteiger partial charge in [0.1, 0.15) is 18.0 Å². The van der Waals surface area contributed by atoms with Gasteiger partial charge in [0.05, 0.1) is 11.0 Å². The van der Waals surface area contributed by atoms with Crippen LogP contribution < -0.4 is 0 Å². The Labute approximate surface area is 140 Å². The van der Waals surface area contributed by atoms with Crippen molar-refractivity contribution in [2.45, 2.75) is 37.5 Å². The van der Waals surface area contributed by atoms with Gasteiger partial charge in [-0.25, -0.2) is 4.39 Å². The van der Waals surface area contributed by atoms with Gasteiger partial charge in [0.25, 0.3) is 0 Å². The third kappa shape index (κ3) is 3.36. The molecule has 0 bridgehead atoms. The van der Waals surface area contributed by atoms with Gasteiger partial charge in [-0.05, 0) is 36.6 Å². The normalized spacial score (nSPS) is 16.5. The summed E-state index contributed by atoms with van der Waals surface area (Å²) in [7, 11) is 0. The number of rotatable bonds is 4. The van der Waals surface area contributed by atoms with Crippen molar-refractivity contribution in [3.05, 3.63) is 59.6 Å². The van der Waals surface area contributed by atoms with E-state index < -0.39 is 17.2 Å². The lowest BCUT2D eigenvalue weighted by molar-refractivity contribution is -0.147. The van der Waals surface area contributed by atoms with Gasteiger partial charge in [0.15, 0.2) is 0 Å². The summed E-state index contributed by atoms with van der Waals surface area (Å²) in [5.41, 5.74) is -0.577. The molecule has 2 rings (SSSR count). The van der Waals surface area contributed by atoms with Crippen molar-refractivity contribution < 1.29 is 13.9 Å². The molecule has 122 valence electrons. The van der Waals surface area contributed by atoms with Crippen LogP contribution in [0.3, 0.4) is 0 Å². The van der Waals surface area contributed by atoms with E-state index in [1.807, 2.05) is 0 Å². The lowest BCUT2D eigenvalue weighted by Crippen LogP contribution is -2.39. The number of hydrogen-bond donors (Lipinski definition) is 0. The van der Waals surface area contributed by atoms with E-state index in [4.69, 9.17) is 15.3 Å². The maximum absolute atomic E-state index is 14.0. The van der Waals surface area contributed by atoms with E-state index >= 15 is 0 Å². The summed E-state index contributed by atoms with van der Waals surface area (Å²) in [6, 6.07) is 7.77. The minimum atomic E-state index is -0.996. The number of allylic oxidation sites excluding steroid dienone is 3. The van der Waals surface area contributed by atoms with Crippen LogP contribution in [-0.4, -0.2) is 5.97 Å². The van der Waals surface area contributed by atoms with Gasteiger partial charge >= 0.3 is 5.97 Å². The molecule has 4 nitrogen and oxygen atoms in total. The van der Waals surface area contributed by atoms with Crippen molar-refractivity contribution in [3.8, 4) is 12.1 Å². The Morgan fingerprint density at radius 3 is 2.54 bits per heavy atom. The molecule has 1 fully saturated rings. The zero-order chi connectivity index (χ0) is 17.6. The summed E-state index contributed by atoms with van der Waals surface area (Å²) < 4.78 is 19.3. The predicted octanol–water partition coefficient (Wildman–Crippen LogP) is 4.04. The molecular weight excluding hydrogens is 307 g/mol. The fourth-order valence-corrected chi connectivity index (χ4v) is 3.07. The van der Waals surface area contributed by atoms with Gasteiger partial charge in [-0.1, -0.05) is 38.0 Å². The molecule has 0 radical (unpaired) electrons. The Kier molecular flexibility index (Phi) is 5.50. The minimum Gasteiger partial charge on any atom is -0.414 e. The Balaban J connectivity index is 2.44. The Hall–Kier alpha value is -2.92. The number of nitriles is 2. The lowest BCUT2D eigenvalue weighted by Gasteiger charge is -2.35. The van der Waals surface area contributed by atoms with Crippen molar-refractivity contribution in [2.75, 3.05) is 0 Å². The van der Waals surface area contributed by atoms with E-state index in [2.05, 4.69) is 6.58 Å². The summed E-state index contributed by atoms with van der Waals surface area (Å²) in [4.78, 5) is 12.8. The van der Waals surface area contributed by atoms with Gasteiger partial charge in [-0.2, -0.15) is 10.5 Å². The number of esters is 1. The Morgan fingerprint density at radius 2 is 2.00 bits per heavy atom. The quantitative estimate of drug-likeness (QED) is 0.363. The summed E-state index contributed by atoms with van der Waals surface area (Å²) in [5.74, 6) is -1.37. The Bertz CT molecular complexity index is 763. The molecule has 1 aliphatic carbocycles. The van der Waals surface area contributed by atoms with E-state index in [0.29, 0.717) is 18.4 Å². The van der Waals surface area contributed by atoms with Crippen LogP contribution in [0.4, 0.5) is 4.39 Å². The molecule has 0 atom stereocenters. The second-order valence-corrected chi connectivity index (χ2v) is 5.72. The van der Waals surface area contributed by atoms with E-state index in [0.717, 1.165) is 19.3 Å². The fourth-order valence-electron chi connectivity index (χ4n) is 3.07. The first-order valence-corrected chi connectivity index (χ1v) is 7.72. The molecule has 0 aromatic heterocycles. The van der Waals surface area contributed by atoms with Gasteiger partial charge in [0, 0.05) is 0 Å². The average molecular weight is 324 g/mol. The molecule has 0 unspecified atom stereocenters. The van der Waals surface area contributed by atoms with Gasteiger partial charge < -0.3 is 4.74 Å². The highest BCUT2D eigenvalue weighted by Gasteiger charge is 2.43. The van der Waals surface area contributed by atoms with Crippen molar-refractivity contribution in [1.29, 1.82) is 10.5 Å². The van der Waals surface area contributed by atoms with E-state index in [-0.39, 0.29) is 11.3 Å². The monoisotopic (exact) mass is 324 g/mol. The SMILES string of the molecule is C=CC=C(C#N)OC(=O)C1(c2ccc(C#N)c(F)c2)CCCCC1. The zero-order valence-electron chi connectivity index (χ0n) is 13.2. The predicted molar refractivity (Wildman–Crippen MR) is 85.9 cm³/mol. The average Bonchev–Trinajstić information content (AvgIpc) is 2.61. The van der Waals surface area contributed by atoms with Crippen molar-refractivity contribution in [1.82, 2.24) is 0 Å². The minimum absolute atomic E-state index is 0.0673. The molecule has 0 N–H and O–H groups in total. The van der Waals surface area contributed by atoms with Crippen LogP contribution in [0.1, 0.15) is 43.2 Å². The molecule has 1 aromatic rings. The number of carbonyl (C=O) groups excluding carboxylic acids is 1. The van der Waals surface area contributed by atoms with Crippen LogP contribution in [0.2, 0.25) is 0 Å². The van der Waals surface area contributed by atoms with Crippen molar-refractivity contribution in [3.63, 3.8) is 0 Å². The number of ether oxygens (including phenoxy) is 1. The molecule has 0 saturated heterocycles. The molecule has 0 aliphatic heterocycles. The second kappa shape index (κ2) is 7.57. The van der Waals surface area contributed by atoms with Crippen molar-refractivity contribution in [2.24, 2.45) is 0 Å². The van der Waals surface area contributed by atoms with Crippen LogP contribution in [0.5, 0.6) is 0 Å². The van der Waals surface area contributed by atoms with Crippen LogP contribution in [0, 0.1) is 28.5 Å².